The smallest absolute Gasteiger partial charge is 0.337 e. The van der Waals surface area contributed by atoms with Crippen molar-refractivity contribution in [3.8, 4) is 11.5 Å². The molecule has 0 spiro atoms. The van der Waals surface area contributed by atoms with E-state index in [1.165, 1.54) is 14.2 Å². The Labute approximate surface area is 140 Å². The number of hydrogen-bond donors (Lipinski definition) is 1. The van der Waals surface area contributed by atoms with Crippen LogP contribution in [-0.2, 0) is 9.53 Å². The van der Waals surface area contributed by atoms with Crippen LogP contribution in [0.4, 0.5) is 5.69 Å². The summed E-state index contributed by atoms with van der Waals surface area (Å²) >= 11 is 0. The van der Waals surface area contributed by atoms with Gasteiger partial charge in [0.05, 0.1) is 19.8 Å². The fourth-order valence-electron chi connectivity index (χ4n) is 2.05. The molecule has 0 unspecified atom stereocenters. The maximum absolute atomic E-state index is 12.3. The van der Waals surface area contributed by atoms with Crippen molar-refractivity contribution in [2.24, 2.45) is 0 Å². The number of ether oxygens (including phenoxy) is 3. The second-order valence-corrected chi connectivity index (χ2v) is 4.97. The van der Waals surface area contributed by atoms with Crippen molar-refractivity contribution in [3.05, 3.63) is 54.1 Å². The number of esters is 1. The van der Waals surface area contributed by atoms with Crippen LogP contribution in [-0.4, -0.2) is 32.2 Å². The van der Waals surface area contributed by atoms with Gasteiger partial charge in [0.1, 0.15) is 0 Å². The third-order valence-corrected chi connectivity index (χ3v) is 3.29. The van der Waals surface area contributed by atoms with E-state index in [9.17, 15) is 9.59 Å². The lowest BCUT2D eigenvalue weighted by atomic mass is 10.2. The van der Waals surface area contributed by atoms with E-state index in [1.807, 2.05) is 6.07 Å². The summed E-state index contributed by atoms with van der Waals surface area (Å²) in [6.45, 7) is 1.63. The number of rotatable bonds is 6. The van der Waals surface area contributed by atoms with Gasteiger partial charge in [0, 0.05) is 5.69 Å². The predicted octanol–water partition coefficient (Wildman–Crippen LogP) is 2.89. The van der Waals surface area contributed by atoms with Crippen LogP contribution >= 0.6 is 0 Å². The maximum atomic E-state index is 12.3. The van der Waals surface area contributed by atoms with Crippen LogP contribution in [0.25, 0.3) is 0 Å². The standard InChI is InChI=1S/C18H19NO5/c1-12(24-16-10-5-4-9-15(16)22-2)17(20)19-14-8-6-7-13(11-14)18(21)23-3/h4-12H,1-3H3,(H,19,20)/t12-/m1/s1. The van der Waals surface area contributed by atoms with Crippen LogP contribution in [0.3, 0.4) is 0 Å². The van der Waals surface area contributed by atoms with Crippen molar-refractivity contribution < 1.29 is 23.8 Å². The molecular weight excluding hydrogens is 310 g/mol. The minimum atomic E-state index is -0.747. The van der Waals surface area contributed by atoms with Crippen LogP contribution in [0.15, 0.2) is 48.5 Å². The van der Waals surface area contributed by atoms with Crippen molar-refractivity contribution in [2.75, 3.05) is 19.5 Å². The summed E-state index contributed by atoms with van der Waals surface area (Å²) in [6, 6.07) is 13.6. The van der Waals surface area contributed by atoms with Gasteiger partial charge in [-0.3, -0.25) is 4.79 Å². The number of carbonyl (C=O) groups excluding carboxylic acids is 2. The van der Waals surface area contributed by atoms with Gasteiger partial charge in [0.25, 0.3) is 5.91 Å². The molecule has 0 bridgehead atoms. The molecule has 0 fully saturated rings. The predicted molar refractivity (Wildman–Crippen MR) is 89.5 cm³/mol. The Morgan fingerprint density at radius 1 is 1.00 bits per heavy atom. The zero-order valence-corrected chi connectivity index (χ0v) is 13.7. The fraction of sp³-hybridized carbons (Fsp3) is 0.222. The van der Waals surface area contributed by atoms with Crippen LogP contribution in [0, 0.1) is 0 Å². The third kappa shape index (κ3) is 4.25. The summed E-state index contributed by atoms with van der Waals surface area (Å²) in [6.07, 6.45) is -0.747. The monoisotopic (exact) mass is 329 g/mol. The van der Waals surface area contributed by atoms with E-state index in [2.05, 4.69) is 10.1 Å². The van der Waals surface area contributed by atoms with Gasteiger partial charge in [0.15, 0.2) is 17.6 Å². The highest BCUT2D eigenvalue weighted by Gasteiger charge is 2.17. The molecule has 0 heterocycles. The number of anilines is 1. The first-order valence-electron chi connectivity index (χ1n) is 7.34. The molecule has 1 amide bonds. The number of methoxy groups -OCH3 is 2. The molecule has 2 rings (SSSR count). The highest BCUT2D eigenvalue weighted by Crippen LogP contribution is 2.27. The van der Waals surface area contributed by atoms with Gasteiger partial charge < -0.3 is 19.5 Å². The van der Waals surface area contributed by atoms with Gasteiger partial charge in [-0.15, -0.1) is 0 Å². The summed E-state index contributed by atoms with van der Waals surface area (Å²) < 4.78 is 15.5. The number of para-hydroxylation sites is 2. The molecular formula is C18H19NO5. The van der Waals surface area contributed by atoms with Gasteiger partial charge in [-0.05, 0) is 37.3 Å². The fourth-order valence-corrected chi connectivity index (χ4v) is 2.05. The molecule has 0 aromatic heterocycles. The first-order chi connectivity index (χ1) is 11.5. The highest BCUT2D eigenvalue weighted by molar-refractivity contribution is 5.96. The van der Waals surface area contributed by atoms with Gasteiger partial charge in [-0.2, -0.15) is 0 Å². The van der Waals surface area contributed by atoms with Gasteiger partial charge in [-0.1, -0.05) is 18.2 Å². The Hall–Kier alpha value is -3.02. The minimum absolute atomic E-state index is 0.345. The van der Waals surface area contributed by atoms with Crippen molar-refractivity contribution >= 4 is 17.6 Å². The third-order valence-electron chi connectivity index (χ3n) is 3.29. The van der Waals surface area contributed by atoms with Crippen molar-refractivity contribution in [2.45, 2.75) is 13.0 Å². The summed E-state index contributed by atoms with van der Waals surface area (Å²) in [5.74, 6) is 0.211. The summed E-state index contributed by atoms with van der Waals surface area (Å²) in [5, 5.41) is 2.71. The molecule has 0 aliphatic heterocycles. The van der Waals surface area contributed by atoms with E-state index in [0.29, 0.717) is 22.7 Å². The lowest BCUT2D eigenvalue weighted by Crippen LogP contribution is -2.30. The van der Waals surface area contributed by atoms with Crippen LogP contribution < -0.4 is 14.8 Å². The molecule has 2 aromatic rings. The molecule has 6 nitrogen and oxygen atoms in total. The van der Waals surface area contributed by atoms with Crippen LogP contribution in [0.5, 0.6) is 11.5 Å². The molecule has 1 N–H and O–H groups in total. The van der Waals surface area contributed by atoms with E-state index < -0.39 is 12.1 Å². The Balaban J connectivity index is 2.05. The lowest BCUT2D eigenvalue weighted by Gasteiger charge is -2.16. The lowest BCUT2D eigenvalue weighted by molar-refractivity contribution is -0.122. The Kier molecular flexibility index (Phi) is 5.78. The van der Waals surface area contributed by atoms with E-state index in [0.717, 1.165) is 0 Å². The molecule has 6 heteroatoms. The Morgan fingerprint density at radius 3 is 2.38 bits per heavy atom. The van der Waals surface area contributed by atoms with Gasteiger partial charge in [-0.25, -0.2) is 4.79 Å². The Morgan fingerprint density at radius 2 is 1.71 bits per heavy atom. The van der Waals surface area contributed by atoms with Gasteiger partial charge >= 0.3 is 5.97 Å². The maximum Gasteiger partial charge on any atom is 0.337 e. The molecule has 0 radical (unpaired) electrons. The van der Waals surface area contributed by atoms with Crippen molar-refractivity contribution in [1.29, 1.82) is 0 Å². The molecule has 126 valence electrons. The quantitative estimate of drug-likeness (QED) is 0.825. The van der Waals surface area contributed by atoms with Crippen LogP contribution in [0.2, 0.25) is 0 Å². The van der Waals surface area contributed by atoms with Gasteiger partial charge in [0.2, 0.25) is 0 Å². The summed E-state index contributed by atoms with van der Waals surface area (Å²) in [7, 11) is 2.84. The molecule has 2 aromatic carbocycles. The molecule has 0 saturated heterocycles. The average molecular weight is 329 g/mol. The van der Waals surface area contributed by atoms with E-state index in [4.69, 9.17) is 9.47 Å². The first kappa shape index (κ1) is 17.3. The van der Waals surface area contributed by atoms with E-state index in [-0.39, 0.29) is 5.91 Å². The SMILES string of the molecule is COC(=O)c1cccc(NC(=O)[C@@H](C)Oc2ccccc2OC)c1. The van der Waals surface area contributed by atoms with Crippen LogP contribution in [0.1, 0.15) is 17.3 Å². The minimum Gasteiger partial charge on any atom is -0.493 e. The summed E-state index contributed by atoms with van der Waals surface area (Å²) in [5.41, 5.74) is 0.840. The summed E-state index contributed by atoms with van der Waals surface area (Å²) in [4.78, 5) is 23.8. The largest absolute Gasteiger partial charge is 0.493 e. The number of carbonyl (C=O) groups is 2. The normalized spacial score (nSPS) is 11.3. The molecule has 0 aliphatic rings. The first-order valence-corrected chi connectivity index (χ1v) is 7.34. The number of hydrogen-bond acceptors (Lipinski definition) is 5. The highest BCUT2D eigenvalue weighted by atomic mass is 16.5. The number of nitrogens with one attached hydrogen (secondary N) is 1. The van der Waals surface area contributed by atoms with Crippen molar-refractivity contribution in [3.63, 3.8) is 0 Å². The average Bonchev–Trinajstić information content (AvgIpc) is 2.61. The second kappa shape index (κ2) is 8.01. The Bertz CT molecular complexity index is 729. The number of benzene rings is 2. The topological polar surface area (TPSA) is 73.9 Å². The second-order valence-electron chi connectivity index (χ2n) is 4.97. The molecule has 1 atom stereocenters. The van der Waals surface area contributed by atoms with Crippen molar-refractivity contribution in [1.82, 2.24) is 0 Å². The van der Waals surface area contributed by atoms with E-state index in [1.54, 1.807) is 49.4 Å². The molecule has 24 heavy (non-hydrogen) atoms. The molecule has 0 aliphatic carbocycles. The zero-order valence-electron chi connectivity index (χ0n) is 13.7. The van der Waals surface area contributed by atoms with E-state index >= 15 is 0 Å². The molecule has 0 saturated carbocycles. The zero-order chi connectivity index (χ0) is 17.5. The number of amides is 1.